The highest BCUT2D eigenvalue weighted by Crippen LogP contribution is 2.39. The van der Waals surface area contributed by atoms with E-state index in [9.17, 15) is 9.59 Å². The molecule has 0 aliphatic carbocycles. The normalized spacial score (nSPS) is 15.9. The van der Waals surface area contributed by atoms with Crippen molar-refractivity contribution in [1.29, 1.82) is 0 Å². The van der Waals surface area contributed by atoms with Crippen LogP contribution in [-0.4, -0.2) is 16.7 Å². The molecule has 0 fully saturated rings. The highest BCUT2D eigenvalue weighted by molar-refractivity contribution is 9.10. The molecule has 2 heterocycles. The fourth-order valence-electron chi connectivity index (χ4n) is 3.84. The van der Waals surface area contributed by atoms with Gasteiger partial charge in [-0.3, -0.25) is 14.5 Å². The first kappa shape index (κ1) is 19.8. The van der Waals surface area contributed by atoms with Gasteiger partial charge >= 0.3 is 0 Å². The van der Waals surface area contributed by atoms with Gasteiger partial charge in [0.15, 0.2) is 0 Å². The third kappa shape index (κ3) is 3.97. The van der Waals surface area contributed by atoms with Gasteiger partial charge in [0.05, 0.1) is 11.6 Å². The Balaban J connectivity index is 1.72. The van der Waals surface area contributed by atoms with Crippen LogP contribution in [0.3, 0.4) is 0 Å². The average molecular weight is 451 g/mol. The van der Waals surface area contributed by atoms with Crippen LogP contribution in [0.1, 0.15) is 55.1 Å². The Hall–Kier alpha value is -2.53. The van der Waals surface area contributed by atoms with E-state index in [0.717, 1.165) is 27.4 Å². The molecule has 1 amide bonds. The molecule has 2 aromatic carbocycles. The van der Waals surface area contributed by atoms with E-state index < -0.39 is 0 Å². The van der Waals surface area contributed by atoms with E-state index in [0.29, 0.717) is 30.1 Å². The number of Topliss-reactive ketones (excluding diaryl/α,β-unsaturated/α-hetero) is 1. The monoisotopic (exact) mass is 450 g/mol. The smallest absolute Gasteiger partial charge is 0.260 e. The van der Waals surface area contributed by atoms with Crippen LogP contribution in [0.4, 0.5) is 5.82 Å². The molecular formula is C24H23BrN2O2. The molecule has 1 aliphatic heterocycles. The van der Waals surface area contributed by atoms with Crippen LogP contribution in [0.25, 0.3) is 10.9 Å². The van der Waals surface area contributed by atoms with Gasteiger partial charge in [-0.25, -0.2) is 4.98 Å². The Morgan fingerprint density at radius 1 is 1.14 bits per heavy atom. The first-order valence-electron chi connectivity index (χ1n) is 9.94. The molecule has 4 nitrogen and oxygen atoms in total. The van der Waals surface area contributed by atoms with Gasteiger partial charge in [0, 0.05) is 28.3 Å². The number of fused-ring (bicyclic) bond motifs is 2. The van der Waals surface area contributed by atoms with Gasteiger partial charge in [-0.15, -0.1) is 0 Å². The summed E-state index contributed by atoms with van der Waals surface area (Å²) >= 11 is 3.48. The van der Waals surface area contributed by atoms with Crippen molar-refractivity contribution in [2.45, 2.75) is 39.2 Å². The number of rotatable bonds is 6. The van der Waals surface area contributed by atoms with Gasteiger partial charge in [0.2, 0.25) is 0 Å². The number of carbonyl (C=O) groups is 2. The number of carbonyl (C=O) groups excluding carboxylic acids is 2. The summed E-state index contributed by atoms with van der Waals surface area (Å²) in [5, 5.41) is 1.01. The standard InChI is InChI=1S/C24H23BrN2O2/c1-15(2)7-11-18(28)14-22-19-5-3-4-6-20(19)24(29)27(22)23-12-9-16-8-10-17(25)13-21(16)26-23/h3-6,8-10,12-13,15,22H,7,11,14H2,1-2H3. The Bertz CT molecular complexity index is 1090. The van der Waals surface area contributed by atoms with Crippen LogP contribution in [0.5, 0.6) is 0 Å². The highest BCUT2D eigenvalue weighted by Gasteiger charge is 2.39. The van der Waals surface area contributed by atoms with Crippen molar-refractivity contribution in [2.24, 2.45) is 5.92 Å². The topological polar surface area (TPSA) is 50.3 Å². The van der Waals surface area contributed by atoms with E-state index in [2.05, 4.69) is 29.8 Å². The molecule has 5 heteroatoms. The second-order valence-electron chi connectivity index (χ2n) is 7.96. The number of benzene rings is 2. The number of nitrogens with zero attached hydrogens (tertiary/aromatic N) is 2. The van der Waals surface area contributed by atoms with E-state index in [1.54, 1.807) is 4.90 Å². The molecule has 0 radical (unpaired) electrons. The Kier molecular flexibility index (Phi) is 5.50. The molecule has 1 aromatic heterocycles. The summed E-state index contributed by atoms with van der Waals surface area (Å²) in [6.07, 6.45) is 1.72. The number of aromatic nitrogens is 1. The van der Waals surface area contributed by atoms with Crippen molar-refractivity contribution >= 4 is 44.3 Å². The summed E-state index contributed by atoms with van der Waals surface area (Å²) in [6, 6.07) is 17.0. The van der Waals surface area contributed by atoms with E-state index >= 15 is 0 Å². The van der Waals surface area contributed by atoms with Gasteiger partial charge in [-0.2, -0.15) is 0 Å². The maximum absolute atomic E-state index is 13.2. The quantitative estimate of drug-likeness (QED) is 0.456. The number of ketones is 1. The molecule has 0 spiro atoms. The van der Waals surface area contributed by atoms with Crippen molar-refractivity contribution in [2.75, 3.05) is 4.90 Å². The van der Waals surface area contributed by atoms with E-state index in [-0.39, 0.29) is 17.7 Å². The van der Waals surface area contributed by atoms with Crippen LogP contribution >= 0.6 is 15.9 Å². The molecule has 1 aliphatic rings. The van der Waals surface area contributed by atoms with Crippen LogP contribution in [-0.2, 0) is 4.79 Å². The van der Waals surface area contributed by atoms with Crippen molar-refractivity contribution in [3.05, 3.63) is 70.2 Å². The highest BCUT2D eigenvalue weighted by atomic mass is 79.9. The summed E-state index contributed by atoms with van der Waals surface area (Å²) in [6.45, 7) is 4.23. The molecule has 0 saturated heterocycles. The fraction of sp³-hybridized carbons (Fsp3) is 0.292. The lowest BCUT2D eigenvalue weighted by Gasteiger charge is -2.24. The predicted molar refractivity (Wildman–Crippen MR) is 119 cm³/mol. The fourth-order valence-corrected chi connectivity index (χ4v) is 4.19. The molecule has 1 unspecified atom stereocenters. The molecule has 1 atom stereocenters. The van der Waals surface area contributed by atoms with Crippen LogP contribution < -0.4 is 4.90 Å². The lowest BCUT2D eigenvalue weighted by molar-refractivity contribution is -0.119. The summed E-state index contributed by atoms with van der Waals surface area (Å²) in [5.41, 5.74) is 2.38. The number of hydrogen-bond acceptors (Lipinski definition) is 3. The van der Waals surface area contributed by atoms with Gasteiger partial charge in [0.25, 0.3) is 5.91 Å². The Morgan fingerprint density at radius 3 is 2.69 bits per heavy atom. The molecule has 0 saturated carbocycles. The summed E-state index contributed by atoms with van der Waals surface area (Å²) in [7, 11) is 0. The third-order valence-corrected chi connectivity index (χ3v) is 5.88. The third-order valence-electron chi connectivity index (χ3n) is 5.39. The maximum Gasteiger partial charge on any atom is 0.260 e. The minimum atomic E-state index is -0.310. The SMILES string of the molecule is CC(C)CCC(=O)CC1c2ccccc2C(=O)N1c1ccc2ccc(Br)cc2n1. The second-order valence-corrected chi connectivity index (χ2v) is 8.88. The predicted octanol–water partition coefficient (Wildman–Crippen LogP) is 6.09. The van der Waals surface area contributed by atoms with Gasteiger partial charge in [0.1, 0.15) is 11.6 Å². The van der Waals surface area contributed by atoms with E-state index in [1.165, 1.54) is 0 Å². The second kappa shape index (κ2) is 8.07. The van der Waals surface area contributed by atoms with E-state index in [1.807, 2.05) is 54.6 Å². The zero-order chi connectivity index (χ0) is 20.5. The summed E-state index contributed by atoms with van der Waals surface area (Å²) in [5.74, 6) is 1.15. The first-order chi connectivity index (χ1) is 13.9. The number of anilines is 1. The van der Waals surface area contributed by atoms with Gasteiger partial charge in [-0.05, 0) is 48.2 Å². The minimum Gasteiger partial charge on any atom is -0.300 e. The van der Waals surface area contributed by atoms with Crippen molar-refractivity contribution in [3.63, 3.8) is 0 Å². The minimum absolute atomic E-state index is 0.0934. The molecule has 0 N–H and O–H groups in total. The number of hydrogen-bond donors (Lipinski definition) is 0. The molecular weight excluding hydrogens is 428 g/mol. The van der Waals surface area contributed by atoms with Crippen molar-refractivity contribution in [3.8, 4) is 0 Å². The maximum atomic E-state index is 13.2. The lowest BCUT2D eigenvalue weighted by atomic mass is 9.97. The van der Waals surface area contributed by atoms with Crippen LogP contribution in [0.15, 0.2) is 59.1 Å². The van der Waals surface area contributed by atoms with Crippen molar-refractivity contribution in [1.82, 2.24) is 4.98 Å². The molecule has 0 bridgehead atoms. The summed E-state index contributed by atoms with van der Waals surface area (Å²) < 4.78 is 0.936. The Labute approximate surface area is 179 Å². The molecule has 3 aromatic rings. The largest absolute Gasteiger partial charge is 0.300 e. The Morgan fingerprint density at radius 2 is 1.90 bits per heavy atom. The van der Waals surface area contributed by atoms with E-state index in [4.69, 9.17) is 4.98 Å². The number of amides is 1. The average Bonchev–Trinajstić information content (AvgIpc) is 2.98. The van der Waals surface area contributed by atoms with Crippen LogP contribution in [0.2, 0.25) is 0 Å². The summed E-state index contributed by atoms with van der Waals surface area (Å²) in [4.78, 5) is 32.4. The molecule has 29 heavy (non-hydrogen) atoms. The van der Waals surface area contributed by atoms with Crippen molar-refractivity contribution < 1.29 is 9.59 Å². The number of pyridine rings is 1. The zero-order valence-electron chi connectivity index (χ0n) is 16.6. The lowest BCUT2D eigenvalue weighted by Crippen LogP contribution is -2.30. The molecule has 4 rings (SSSR count). The van der Waals surface area contributed by atoms with Crippen LogP contribution in [0, 0.1) is 5.92 Å². The van der Waals surface area contributed by atoms with Gasteiger partial charge in [-0.1, -0.05) is 54.0 Å². The zero-order valence-corrected chi connectivity index (χ0v) is 18.1. The van der Waals surface area contributed by atoms with Gasteiger partial charge < -0.3 is 0 Å². The first-order valence-corrected chi connectivity index (χ1v) is 10.7. The number of halogens is 1. The molecule has 148 valence electrons.